The van der Waals surface area contributed by atoms with E-state index in [9.17, 15) is 4.79 Å². The van der Waals surface area contributed by atoms with Crippen molar-refractivity contribution < 1.29 is 0 Å². The summed E-state index contributed by atoms with van der Waals surface area (Å²) in [6.45, 7) is 0. The first-order valence-electron chi connectivity index (χ1n) is 8.17. The molecule has 0 aliphatic rings. The molecular weight excluding hydrogens is 437 g/mol. The van der Waals surface area contributed by atoms with Crippen LogP contribution in [0.3, 0.4) is 0 Å². The van der Waals surface area contributed by atoms with E-state index >= 15 is 0 Å². The lowest BCUT2D eigenvalue weighted by Crippen LogP contribution is -2.17. The average molecular weight is 449 g/mol. The van der Waals surface area contributed by atoms with Crippen LogP contribution in [0.25, 0.3) is 38.7 Å². The van der Waals surface area contributed by atoms with Crippen molar-refractivity contribution in [3.63, 3.8) is 0 Å². The Morgan fingerprint density at radius 3 is 2.58 bits per heavy atom. The van der Waals surface area contributed by atoms with Crippen molar-refractivity contribution in [2.45, 2.75) is 0 Å². The van der Waals surface area contributed by atoms with Gasteiger partial charge in [-0.3, -0.25) is 4.79 Å². The van der Waals surface area contributed by atoms with Crippen molar-refractivity contribution in [3.8, 4) is 11.1 Å². The van der Waals surface area contributed by atoms with E-state index in [2.05, 4.69) is 33.6 Å². The molecule has 0 unspecified atom stereocenters. The van der Waals surface area contributed by atoms with Crippen LogP contribution in [-0.4, -0.2) is 14.4 Å². The molecule has 0 radical (unpaired) electrons. The van der Waals surface area contributed by atoms with Crippen LogP contribution in [0.1, 0.15) is 0 Å². The highest BCUT2D eigenvalue weighted by Crippen LogP contribution is 2.28. The van der Waals surface area contributed by atoms with Crippen LogP contribution in [-0.2, 0) is 0 Å². The highest BCUT2D eigenvalue weighted by atomic mass is 127. The van der Waals surface area contributed by atoms with Crippen molar-refractivity contribution in [2.75, 3.05) is 0 Å². The molecule has 4 nitrogen and oxygen atoms in total. The number of rotatable bonds is 1. The van der Waals surface area contributed by atoms with E-state index in [1.54, 1.807) is 10.6 Å². The Morgan fingerprint density at radius 2 is 1.73 bits per heavy atom. The van der Waals surface area contributed by atoms with Gasteiger partial charge in [0.15, 0.2) is 0 Å². The van der Waals surface area contributed by atoms with Crippen LogP contribution in [0, 0.1) is 3.57 Å². The Hall–Kier alpha value is -2.80. The van der Waals surface area contributed by atoms with Gasteiger partial charge in [-0.05, 0) is 64.6 Å². The SMILES string of the molecule is O=c1c2cc(I)ccc2nc2c(-c3ccccc3)cc3cccnc3n12. The molecule has 0 amide bonds. The van der Waals surface area contributed by atoms with E-state index in [1.165, 1.54) is 0 Å². The number of benzene rings is 2. The first-order valence-corrected chi connectivity index (χ1v) is 9.25. The highest BCUT2D eigenvalue weighted by molar-refractivity contribution is 14.1. The Bertz CT molecular complexity index is 1360. The van der Waals surface area contributed by atoms with Crippen LogP contribution >= 0.6 is 22.6 Å². The molecule has 0 saturated heterocycles. The predicted octanol–water partition coefficient (Wildman–Crippen LogP) is 4.67. The standard InChI is InChI=1S/C21H12IN3O/c22-15-8-9-18-17(12-15)21(26)25-19-14(7-4-10-23-19)11-16(20(25)24-18)13-5-2-1-3-6-13/h1-12H. The number of fused-ring (bicyclic) bond motifs is 4. The van der Waals surface area contributed by atoms with Gasteiger partial charge < -0.3 is 0 Å². The fourth-order valence-electron chi connectivity index (χ4n) is 3.29. The minimum absolute atomic E-state index is 0.0926. The summed E-state index contributed by atoms with van der Waals surface area (Å²) in [4.78, 5) is 22.6. The van der Waals surface area contributed by atoms with Crippen LogP contribution in [0.15, 0.2) is 77.7 Å². The molecule has 2 aromatic carbocycles. The van der Waals surface area contributed by atoms with E-state index in [-0.39, 0.29) is 5.56 Å². The summed E-state index contributed by atoms with van der Waals surface area (Å²) in [6, 6.07) is 21.7. The van der Waals surface area contributed by atoms with E-state index in [4.69, 9.17) is 4.98 Å². The molecule has 26 heavy (non-hydrogen) atoms. The molecule has 0 atom stereocenters. The Labute approximate surface area is 162 Å². The van der Waals surface area contributed by atoms with Gasteiger partial charge in [-0.2, -0.15) is 0 Å². The summed E-state index contributed by atoms with van der Waals surface area (Å²) in [7, 11) is 0. The summed E-state index contributed by atoms with van der Waals surface area (Å²) in [5.41, 5.74) is 3.80. The topological polar surface area (TPSA) is 47.3 Å². The molecule has 0 bridgehead atoms. The smallest absolute Gasteiger partial charge is 0.267 e. The molecular formula is C21H12IN3O. The van der Waals surface area contributed by atoms with E-state index in [0.717, 1.165) is 20.1 Å². The average Bonchev–Trinajstić information content (AvgIpc) is 2.68. The zero-order chi connectivity index (χ0) is 17.7. The second kappa shape index (κ2) is 5.88. The normalized spacial score (nSPS) is 11.4. The van der Waals surface area contributed by atoms with Gasteiger partial charge in [0.1, 0.15) is 11.3 Å². The van der Waals surface area contributed by atoms with Crippen molar-refractivity contribution in [3.05, 3.63) is 86.9 Å². The van der Waals surface area contributed by atoms with Crippen LogP contribution in [0.5, 0.6) is 0 Å². The van der Waals surface area contributed by atoms with Gasteiger partial charge in [0.2, 0.25) is 0 Å². The van der Waals surface area contributed by atoms with Gasteiger partial charge >= 0.3 is 0 Å². The summed E-state index contributed by atoms with van der Waals surface area (Å²) in [5, 5.41) is 1.51. The van der Waals surface area contributed by atoms with Gasteiger partial charge in [-0.1, -0.05) is 30.3 Å². The summed E-state index contributed by atoms with van der Waals surface area (Å²) in [5.74, 6) is 0. The third-order valence-electron chi connectivity index (χ3n) is 4.48. The van der Waals surface area contributed by atoms with Crippen LogP contribution < -0.4 is 5.56 Å². The van der Waals surface area contributed by atoms with E-state index in [1.807, 2.05) is 60.7 Å². The number of nitrogens with zero attached hydrogens (tertiary/aromatic N) is 3. The molecule has 5 rings (SSSR count). The van der Waals surface area contributed by atoms with Crippen molar-refractivity contribution in [1.82, 2.24) is 14.4 Å². The molecule has 0 saturated carbocycles. The lowest BCUT2D eigenvalue weighted by Gasteiger charge is -2.12. The maximum Gasteiger partial charge on any atom is 0.267 e. The Balaban J connectivity index is 2.07. The molecule has 5 aromatic rings. The van der Waals surface area contributed by atoms with Gasteiger partial charge in [0.25, 0.3) is 5.56 Å². The molecule has 0 aliphatic heterocycles. The molecule has 0 N–H and O–H groups in total. The summed E-state index contributed by atoms with van der Waals surface area (Å²) < 4.78 is 2.64. The van der Waals surface area contributed by atoms with Crippen LogP contribution in [0.4, 0.5) is 0 Å². The lowest BCUT2D eigenvalue weighted by molar-refractivity contribution is 1.10. The molecule has 0 fully saturated rings. The number of halogens is 1. The largest absolute Gasteiger partial charge is 0.268 e. The fourth-order valence-corrected chi connectivity index (χ4v) is 3.79. The van der Waals surface area contributed by atoms with Gasteiger partial charge in [0, 0.05) is 20.7 Å². The molecule has 0 aliphatic carbocycles. The zero-order valence-electron chi connectivity index (χ0n) is 13.6. The Kier molecular flexibility index (Phi) is 3.49. The van der Waals surface area contributed by atoms with Gasteiger partial charge in [0.05, 0.1) is 10.9 Å². The molecule has 5 heteroatoms. The third-order valence-corrected chi connectivity index (χ3v) is 5.16. The molecule has 3 aromatic heterocycles. The summed E-state index contributed by atoms with van der Waals surface area (Å²) in [6.07, 6.45) is 1.70. The van der Waals surface area contributed by atoms with Gasteiger partial charge in [-0.25, -0.2) is 14.4 Å². The summed E-state index contributed by atoms with van der Waals surface area (Å²) >= 11 is 2.21. The zero-order valence-corrected chi connectivity index (χ0v) is 15.7. The second-order valence-electron chi connectivity index (χ2n) is 6.08. The number of pyridine rings is 2. The Morgan fingerprint density at radius 1 is 0.885 bits per heavy atom. The highest BCUT2D eigenvalue weighted by Gasteiger charge is 2.14. The molecule has 3 heterocycles. The van der Waals surface area contributed by atoms with Crippen LogP contribution in [0.2, 0.25) is 0 Å². The van der Waals surface area contributed by atoms with E-state index < -0.39 is 0 Å². The number of hydrogen-bond donors (Lipinski definition) is 0. The first-order chi connectivity index (χ1) is 12.7. The third kappa shape index (κ3) is 2.31. The second-order valence-corrected chi connectivity index (χ2v) is 7.32. The number of aromatic nitrogens is 3. The quantitative estimate of drug-likeness (QED) is 0.212. The maximum atomic E-state index is 13.3. The maximum absolute atomic E-state index is 13.3. The van der Waals surface area contributed by atoms with Gasteiger partial charge in [-0.15, -0.1) is 0 Å². The van der Waals surface area contributed by atoms with Crippen molar-refractivity contribution >= 4 is 50.2 Å². The fraction of sp³-hybridized carbons (Fsp3) is 0. The monoisotopic (exact) mass is 449 g/mol. The minimum atomic E-state index is -0.0926. The number of hydrogen-bond acceptors (Lipinski definition) is 3. The van der Waals surface area contributed by atoms with Crippen molar-refractivity contribution in [2.24, 2.45) is 0 Å². The lowest BCUT2D eigenvalue weighted by atomic mass is 10.0. The van der Waals surface area contributed by atoms with E-state index in [0.29, 0.717) is 22.2 Å². The predicted molar refractivity (Wildman–Crippen MR) is 112 cm³/mol. The van der Waals surface area contributed by atoms with Crippen molar-refractivity contribution in [1.29, 1.82) is 0 Å². The molecule has 0 spiro atoms. The molecule has 124 valence electrons. The minimum Gasteiger partial charge on any atom is -0.268 e. The first kappa shape index (κ1) is 15.5.